The third-order valence-electron chi connectivity index (χ3n) is 5.51. The number of ketones is 1. The van der Waals surface area contributed by atoms with Crippen molar-refractivity contribution in [2.45, 2.75) is 44.1 Å². The van der Waals surface area contributed by atoms with Crippen LogP contribution in [-0.2, 0) is 14.5 Å². The van der Waals surface area contributed by atoms with Crippen molar-refractivity contribution in [3.05, 3.63) is 59.2 Å². The summed E-state index contributed by atoms with van der Waals surface area (Å²) in [4.78, 5) is 21.3. The van der Waals surface area contributed by atoms with E-state index in [0.29, 0.717) is 5.76 Å². The Balaban J connectivity index is 1.49. The monoisotopic (exact) mass is 510 g/mol. The van der Waals surface area contributed by atoms with Gasteiger partial charge in [-0.1, -0.05) is 0 Å². The van der Waals surface area contributed by atoms with E-state index in [-0.39, 0.29) is 47.2 Å². The number of rotatable bonds is 9. The molecule has 1 aliphatic rings. The van der Waals surface area contributed by atoms with E-state index in [1.807, 2.05) is 11.6 Å². The van der Waals surface area contributed by atoms with Crippen LogP contribution < -0.4 is 10.0 Å². The van der Waals surface area contributed by atoms with Crippen LogP contribution >= 0.6 is 11.6 Å². The predicted octanol–water partition coefficient (Wildman–Crippen LogP) is 1.54. The average Bonchev–Trinajstić information content (AvgIpc) is 3.54. The highest BCUT2D eigenvalue weighted by Gasteiger charge is 2.37. The first-order chi connectivity index (χ1) is 16.2. The number of nitrogens with zero attached hydrogens (tertiary/aromatic N) is 4. The van der Waals surface area contributed by atoms with Crippen molar-refractivity contribution in [3.63, 3.8) is 0 Å². The molecular formula is C20H23ClN6O6S. The molecule has 0 aromatic carbocycles. The van der Waals surface area contributed by atoms with Crippen LogP contribution in [0.25, 0.3) is 0 Å². The Labute approximate surface area is 200 Å². The Morgan fingerprint density at radius 2 is 2.15 bits per heavy atom. The smallest absolute Gasteiger partial charge is 0.335 e. The van der Waals surface area contributed by atoms with E-state index in [9.17, 15) is 18.3 Å². The van der Waals surface area contributed by atoms with Gasteiger partial charge in [-0.3, -0.25) is 13.7 Å². The fourth-order valence-corrected chi connectivity index (χ4v) is 4.49. The van der Waals surface area contributed by atoms with Gasteiger partial charge in [-0.15, -0.1) is 0 Å². The number of halogens is 1. The molecule has 0 amide bonds. The summed E-state index contributed by atoms with van der Waals surface area (Å²) in [5.41, 5.74) is 0.360. The van der Waals surface area contributed by atoms with Crippen LogP contribution in [0.1, 0.15) is 47.6 Å². The van der Waals surface area contributed by atoms with Gasteiger partial charge >= 0.3 is 10.3 Å². The van der Waals surface area contributed by atoms with Crippen molar-refractivity contribution < 1.29 is 26.9 Å². The quantitative estimate of drug-likeness (QED) is 0.360. The lowest BCUT2D eigenvalue weighted by Gasteiger charge is -2.15. The van der Waals surface area contributed by atoms with Crippen LogP contribution in [0.15, 0.2) is 41.3 Å². The number of nitrogens with one attached hydrogen (secondary N) is 2. The number of carbonyl (C=O) groups excluding carboxylic acids is 1. The molecule has 182 valence electrons. The highest BCUT2D eigenvalue weighted by atomic mass is 35.5. The Kier molecular flexibility index (Phi) is 7.00. The zero-order valence-corrected chi connectivity index (χ0v) is 19.8. The Hall–Kier alpha value is -2.84. The lowest BCUT2D eigenvalue weighted by molar-refractivity contribution is 0.0636. The molecule has 3 aromatic rings. The van der Waals surface area contributed by atoms with E-state index >= 15 is 0 Å². The van der Waals surface area contributed by atoms with E-state index in [2.05, 4.69) is 20.4 Å². The maximum atomic E-state index is 13.2. The van der Waals surface area contributed by atoms with E-state index < -0.39 is 28.3 Å². The molecule has 0 unspecified atom stereocenters. The zero-order valence-electron chi connectivity index (χ0n) is 18.3. The van der Waals surface area contributed by atoms with Crippen molar-refractivity contribution in [3.8, 4) is 0 Å². The Morgan fingerprint density at radius 3 is 2.85 bits per heavy atom. The fourth-order valence-electron chi connectivity index (χ4n) is 3.71. The molecule has 1 aliphatic carbocycles. The number of aliphatic hydroxyl groups is 1. The predicted molar refractivity (Wildman–Crippen MR) is 121 cm³/mol. The van der Waals surface area contributed by atoms with Gasteiger partial charge in [-0.2, -0.15) is 18.2 Å². The van der Waals surface area contributed by atoms with E-state index in [0.717, 1.165) is 0 Å². The van der Waals surface area contributed by atoms with Crippen molar-refractivity contribution in [2.75, 3.05) is 12.4 Å². The van der Waals surface area contributed by atoms with Crippen LogP contribution in [0.4, 0.5) is 5.82 Å². The van der Waals surface area contributed by atoms with Crippen molar-refractivity contribution in [2.24, 2.45) is 0 Å². The number of hydrogen-bond donors (Lipinski definition) is 3. The second kappa shape index (κ2) is 9.80. The molecule has 1 fully saturated rings. The van der Waals surface area contributed by atoms with Crippen molar-refractivity contribution in [1.29, 1.82) is 0 Å². The number of hydrogen-bond acceptors (Lipinski definition) is 10. The fraction of sp³-hybridized carbons (Fsp3) is 0.400. The van der Waals surface area contributed by atoms with Gasteiger partial charge in [0.25, 0.3) is 0 Å². The number of furan rings is 1. The minimum atomic E-state index is -3.96. The Bertz CT molecular complexity index is 1280. The molecule has 4 atom stereocenters. The second-order valence-corrected chi connectivity index (χ2v) is 9.67. The van der Waals surface area contributed by atoms with Gasteiger partial charge in [-0.05, 0) is 49.6 Å². The van der Waals surface area contributed by atoms with Gasteiger partial charge in [-0.25, -0.2) is 9.97 Å². The largest absolute Gasteiger partial charge is 0.447 e. The van der Waals surface area contributed by atoms with E-state index in [4.69, 9.17) is 20.2 Å². The molecule has 0 spiro atoms. The first-order valence-corrected chi connectivity index (χ1v) is 12.2. The average molecular weight is 511 g/mol. The first kappa shape index (κ1) is 24.3. The van der Waals surface area contributed by atoms with Crippen molar-refractivity contribution >= 4 is 33.5 Å². The minimum Gasteiger partial charge on any atom is -0.447 e. The molecule has 1 saturated carbocycles. The molecule has 0 radical (unpaired) electrons. The van der Waals surface area contributed by atoms with Crippen molar-refractivity contribution in [1.82, 2.24) is 24.5 Å². The normalized spacial score (nSPS) is 21.5. The first-order valence-electron chi connectivity index (χ1n) is 10.4. The van der Waals surface area contributed by atoms with Crippen LogP contribution in [0.3, 0.4) is 0 Å². The third kappa shape index (κ3) is 5.28. The third-order valence-corrected chi connectivity index (χ3v) is 6.72. The molecule has 0 saturated heterocycles. The molecule has 14 heteroatoms. The molecular weight excluding hydrogens is 488 g/mol. The van der Waals surface area contributed by atoms with E-state index in [1.54, 1.807) is 29.1 Å². The van der Waals surface area contributed by atoms with Crippen LogP contribution in [-0.4, -0.2) is 64.4 Å². The summed E-state index contributed by atoms with van der Waals surface area (Å²) in [5, 5.41) is 17.9. The standard InChI is InChI=1S/C20H23ClN6O6S/c1-11(16-3-4-18(21)32-16)27-6-5-14(26-27)19(29)13-9-23-10-24-20(13)25-12-7-15(28)17(8-12)33-34(30,31)22-2/h3-6,9-12,15,17,22,28H,7-8H2,1-2H3,(H,23,24,25)/t11-,12+,15-,17+/m0/s1. The highest BCUT2D eigenvalue weighted by molar-refractivity contribution is 7.84. The number of aromatic nitrogens is 4. The summed E-state index contributed by atoms with van der Waals surface area (Å²) in [6.07, 6.45) is 2.78. The molecule has 3 heterocycles. The molecule has 12 nitrogen and oxygen atoms in total. The molecule has 3 aromatic heterocycles. The number of aliphatic hydroxyl groups excluding tert-OH is 1. The molecule has 34 heavy (non-hydrogen) atoms. The summed E-state index contributed by atoms with van der Waals surface area (Å²) in [7, 11) is -2.74. The van der Waals surface area contributed by atoms with Crippen LogP contribution in [0.2, 0.25) is 5.22 Å². The lowest BCUT2D eigenvalue weighted by atomic mass is 10.1. The summed E-state index contributed by atoms with van der Waals surface area (Å²) in [5.74, 6) is 0.430. The maximum absolute atomic E-state index is 13.2. The molecule has 3 N–H and O–H groups in total. The molecule has 4 rings (SSSR count). The van der Waals surface area contributed by atoms with Gasteiger partial charge in [0.2, 0.25) is 5.78 Å². The maximum Gasteiger partial charge on any atom is 0.335 e. The number of anilines is 1. The number of carbonyl (C=O) groups is 1. The molecule has 0 aliphatic heterocycles. The lowest BCUT2D eigenvalue weighted by Crippen LogP contribution is -2.31. The minimum absolute atomic E-state index is 0.176. The Morgan fingerprint density at radius 1 is 1.35 bits per heavy atom. The summed E-state index contributed by atoms with van der Waals surface area (Å²) >= 11 is 5.84. The highest BCUT2D eigenvalue weighted by Crippen LogP contribution is 2.28. The van der Waals surface area contributed by atoms with Gasteiger partial charge in [0.15, 0.2) is 5.22 Å². The van der Waals surface area contributed by atoms with Crippen LogP contribution in [0, 0.1) is 0 Å². The summed E-state index contributed by atoms with van der Waals surface area (Å²) in [6, 6.07) is 4.27. The van der Waals surface area contributed by atoms with E-state index in [1.165, 1.54) is 19.6 Å². The summed E-state index contributed by atoms with van der Waals surface area (Å²) in [6.45, 7) is 1.85. The van der Waals surface area contributed by atoms with Gasteiger partial charge in [0.1, 0.15) is 35.7 Å². The molecule has 0 bridgehead atoms. The van der Waals surface area contributed by atoms with Gasteiger partial charge in [0, 0.05) is 25.5 Å². The van der Waals surface area contributed by atoms with Crippen LogP contribution in [0.5, 0.6) is 0 Å². The summed E-state index contributed by atoms with van der Waals surface area (Å²) < 4.78 is 37.3. The van der Waals surface area contributed by atoms with Gasteiger partial charge in [0.05, 0.1) is 11.7 Å². The topological polar surface area (TPSA) is 161 Å². The second-order valence-electron chi connectivity index (χ2n) is 7.79. The van der Waals surface area contributed by atoms with Gasteiger partial charge < -0.3 is 14.8 Å². The SMILES string of the molecule is CNS(=O)(=O)O[C@@H]1C[C@H](Nc2ncncc2C(=O)c2ccn([C@@H](C)c3ccc(Cl)o3)n2)C[C@@H]1O. The zero-order chi connectivity index (χ0) is 24.5.